The second kappa shape index (κ2) is 6.04. The maximum Gasteiger partial charge on any atom is 0.133 e. The SMILES string of the molecule is CCNc1ncnc(-c2ccc(C)cc2C)c1C(C)C. The number of benzene rings is 1. The van der Waals surface area contributed by atoms with Gasteiger partial charge < -0.3 is 5.32 Å². The summed E-state index contributed by atoms with van der Waals surface area (Å²) >= 11 is 0. The Balaban J connectivity index is 2.64. The number of hydrogen-bond donors (Lipinski definition) is 1. The molecule has 2 aromatic rings. The Morgan fingerprint density at radius 1 is 1.15 bits per heavy atom. The van der Waals surface area contributed by atoms with Gasteiger partial charge in [0.15, 0.2) is 0 Å². The van der Waals surface area contributed by atoms with Crippen molar-refractivity contribution in [2.45, 2.75) is 40.5 Å². The quantitative estimate of drug-likeness (QED) is 0.898. The zero-order valence-corrected chi connectivity index (χ0v) is 13.0. The smallest absolute Gasteiger partial charge is 0.133 e. The molecule has 0 aliphatic carbocycles. The minimum Gasteiger partial charge on any atom is -0.370 e. The normalized spacial score (nSPS) is 10.9. The molecule has 1 aromatic carbocycles. The van der Waals surface area contributed by atoms with Crippen molar-refractivity contribution in [1.82, 2.24) is 9.97 Å². The van der Waals surface area contributed by atoms with E-state index in [0.717, 1.165) is 18.1 Å². The molecule has 0 amide bonds. The standard InChI is InChI=1S/C17H23N3/c1-6-18-17-15(11(2)3)16(19-10-20-17)14-8-7-12(4)9-13(14)5/h7-11H,6H2,1-5H3,(H,18,19,20). The molecule has 0 radical (unpaired) electrons. The average molecular weight is 269 g/mol. The van der Waals surface area contributed by atoms with E-state index in [2.05, 4.69) is 68.1 Å². The van der Waals surface area contributed by atoms with E-state index in [4.69, 9.17) is 0 Å². The van der Waals surface area contributed by atoms with E-state index in [1.807, 2.05) is 0 Å². The molecule has 0 fully saturated rings. The number of hydrogen-bond acceptors (Lipinski definition) is 3. The van der Waals surface area contributed by atoms with Gasteiger partial charge in [-0.05, 0) is 32.3 Å². The van der Waals surface area contributed by atoms with Crippen molar-refractivity contribution in [3.05, 3.63) is 41.2 Å². The summed E-state index contributed by atoms with van der Waals surface area (Å²) in [5, 5.41) is 3.35. The number of anilines is 1. The first kappa shape index (κ1) is 14.5. The molecule has 20 heavy (non-hydrogen) atoms. The molecule has 106 valence electrons. The Kier molecular flexibility index (Phi) is 4.38. The van der Waals surface area contributed by atoms with Crippen LogP contribution in [-0.4, -0.2) is 16.5 Å². The van der Waals surface area contributed by atoms with Gasteiger partial charge in [0.1, 0.15) is 12.1 Å². The molecular weight excluding hydrogens is 246 g/mol. The minimum atomic E-state index is 0.376. The molecule has 0 spiro atoms. The van der Waals surface area contributed by atoms with E-state index in [-0.39, 0.29) is 0 Å². The van der Waals surface area contributed by atoms with Crippen LogP contribution in [-0.2, 0) is 0 Å². The van der Waals surface area contributed by atoms with Gasteiger partial charge in [-0.3, -0.25) is 0 Å². The van der Waals surface area contributed by atoms with Crippen molar-refractivity contribution >= 4 is 5.82 Å². The maximum absolute atomic E-state index is 4.55. The number of nitrogens with zero attached hydrogens (tertiary/aromatic N) is 2. The Hall–Kier alpha value is -1.90. The van der Waals surface area contributed by atoms with Gasteiger partial charge in [-0.1, -0.05) is 37.6 Å². The number of aromatic nitrogens is 2. The second-order valence-electron chi connectivity index (χ2n) is 5.49. The third-order valence-electron chi connectivity index (χ3n) is 3.44. The van der Waals surface area contributed by atoms with Gasteiger partial charge in [-0.2, -0.15) is 0 Å². The van der Waals surface area contributed by atoms with Crippen LogP contribution >= 0.6 is 0 Å². The summed E-state index contributed by atoms with van der Waals surface area (Å²) < 4.78 is 0. The molecule has 0 saturated heterocycles. The molecule has 0 unspecified atom stereocenters. The first-order valence-electron chi connectivity index (χ1n) is 7.21. The zero-order valence-electron chi connectivity index (χ0n) is 13.0. The fourth-order valence-electron chi connectivity index (χ4n) is 2.54. The van der Waals surface area contributed by atoms with Gasteiger partial charge in [0.05, 0.1) is 5.69 Å². The molecule has 3 heteroatoms. The zero-order chi connectivity index (χ0) is 14.7. The predicted octanol–water partition coefficient (Wildman–Crippen LogP) is 4.32. The minimum absolute atomic E-state index is 0.376. The third kappa shape index (κ3) is 2.82. The van der Waals surface area contributed by atoms with Gasteiger partial charge >= 0.3 is 0 Å². The molecule has 0 atom stereocenters. The highest BCUT2D eigenvalue weighted by atomic mass is 15.0. The molecule has 0 saturated carbocycles. The molecular formula is C17H23N3. The fraction of sp³-hybridized carbons (Fsp3) is 0.412. The third-order valence-corrected chi connectivity index (χ3v) is 3.44. The molecule has 1 aromatic heterocycles. The lowest BCUT2D eigenvalue weighted by Gasteiger charge is -2.17. The highest BCUT2D eigenvalue weighted by Crippen LogP contribution is 2.33. The van der Waals surface area contributed by atoms with E-state index >= 15 is 0 Å². The van der Waals surface area contributed by atoms with Gasteiger partial charge in [0, 0.05) is 17.7 Å². The second-order valence-corrected chi connectivity index (χ2v) is 5.49. The van der Waals surface area contributed by atoms with Crippen molar-refractivity contribution < 1.29 is 0 Å². The molecule has 1 N–H and O–H groups in total. The summed E-state index contributed by atoms with van der Waals surface area (Å²) in [6.07, 6.45) is 1.65. The molecule has 0 bridgehead atoms. The van der Waals surface area contributed by atoms with Crippen LogP contribution in [0.15, 0.2) is 24.5 Å². The number of nitrogens with one attached hydrogen (secondary N) is 1. The lowest BCUT2D eigenvalue weighted by Crippen LogP contribution is -2.08. The Bertz CT molecular complexity index is 603. The fourth-order valence-corrected chi connectivity index (χ4v) is 2.54. The first-order valence-corrected chi connectivity index (χ1v) is 7.21. The lowest BCUT2D eigenvalue weighted by molar-refractivity contribution is 0.849. The Labute approximate surface area is 121 Å². The van der Waals surface area contributed by atoms with Crippen molar-refractivity contribution in [2.24, 2.45) is 0 Å². The highest BCUT2D eigenvalue weighted by molar-refractivity contribution is 5.72. The lowest BCUT2D eigenvalue weighted by atomic mass is 9.94. The summed E-state index contributed by atoms with van der Waals surface area (Å²) in [6.45, 7) is 11.6. The summed E-state index contributed by atoms with van der Waals surface area (Å²) in [4.78, 5) is 8.95. The van der Waals surface area contributed by atoms with E-state index in [1.54, 1.807) is 6.33 Å². The van der Waals surface area contributed by atoms with E-state index in [0.29, 0.717) is 5.92 Å². The predicted molar refractivity (Wildman–Crippen MR) is 85.2 cm³/mol. The summed E-state index contributed by atoms with van der Waals surface area (Å²) in [6, 6.07) is 6.50. The van der Waals surface area contributed by atoms with Crippen molar-refractivity contribution in [2.75, 3.05) is 11.9 Å². The molecule has 2 rings (SSSR count). The summed E-state index contributed by atoms with van der Waals surface area (Å²) in [5.41, 5.74) is 5.97. The Morgan fingerprint density at radius 2 is 1.90 bits per heavy atom. The van der Waals surface area contributed by atoms with Crippen LogP contribution in [0.25, 0.3) is 11.3 Å². The van der Waals surface area contributed by atoms with Gasteiger partial charge in [-0.25, -0.2) is 9.97 Å². The van der Waals surface area contributed by atoms with E-state index in [1.165, 1.54) is 22.3 Å². The summed E-state index contributed by atoms with van der Waals surface area (Å²) in [7, 11) is 0. The van der Waals surface area contributed by atoms with E-state index in [9.17, 15) is 0 Å². The number of rotatable bonds is 4. The molecule has 0 aliphatic heterocycles. The van der Waals surface area contributed by atoms with Gasteiger partial charge in [-0.15, -0.1) is 0 Å². The topological polar surface area (TPSA) is 37.8 Å². The Morgan fingerprint density at radius 3 is 2.50 bits per heavy atom. The largest absolute Gasteiger partial charge is 0.370 e. The van der Waals surface area contributed by atoms with Crippen molar-refractivity contribution in [3.63, 3.8) is 0 Å². The van der Waals surface area contributed by atoms with Crippen molar-refractivity contribution in [3.8, 4) is 11.3 Å². The van der Waals surface area contributed by atoms with Crippen LogP contribution in [0.5, 0.6) is 0 Å². The number of aryl methyl sites for hydroxylation is 2. The monoisotopic (exact) mass is 269 g/mol. The van der Waals surface area contributed by atoms with Gasteiger partial charge in [0.25, 0.3) is 0 Å². The van der Waals surface area contributed by atoms with Crippen LogP contribution in [0.3, 0.4) is 0 Å². The highest BCUT2D eigenvalue weighted by Gasteiger charge is 2.17. The summed E-state index contributed by atoms with van der Waals surface area (Å²) in [5.74, 6) is 1.33. The van der Waals surface area contributed by atoms with Crippen LogP contribution in [0.2, 0.25) is 0 Å². The maximum atomic E-state index is 4.55. The van der Waals surface area contributed by atoms with Crippen LogP contribution < -0.4 is 5.32 Å². The van der Waals surface area contributed by atoms with E-state index < -0.39 is 0 Å². The van der Waals surface area contributed by atoms with Crippen molar-refractivity contribution in [1.29, 1.82) is 0 Å². The average Bonchev–Trinajstić information content (AvgIpc) is 2.38. The molecule has 3 nitrogen and oxygen atoms in total. The van der Waals surface area contributed by atoms with Crippen LogP contribution in [0.1, 0.15) is 43.4 Å². The molecule has 1 heterocycles. The van der Waals surface area contributed by atoms with Crippen LogP contribution in [0, 0.1) is 13.8 Å². The van der Waals surface area contributed by atoms with Gasteiger partial charge in [0.2, 0.25) is 0 Å². The van der Waals surface area contributed by atoms with Crippen LogP contribution in [0.4, 0.5) is 5.82 Å². The molecule has 0 aliphatic rings. The first-order chi connectivity index (χ1) is 9.54.